The molecule has 0 amide bonds. The normalized spacial score (nSPS) is 15.1. The van der Waals surface area contributed by atoms with E-state index in [9.17, 15) is 0 Å². The van der Waals surface area contributed by atoms with Crippen LogP contribution in [0.3, 0.4) is 0 Å². The van der Waals surface area contributed by atoms with Gasteiger partial charge in [0.1, 0.15) is 0 Å². The Balaban J connectivity index is 1.92. The van der Waals surface area contributed by atoms with E-state index >= 15 is 0 Å². The molecule has 5 heteroatoms. The predicted molar refractivity (Wildman–Crippen MR) is 97.7 cm³/mol. The van der Waals surface area contributed by atoms with Crippen LogP contribution in [0.4, 0.5) is 0 Å². The van der Waals surface area contributed by atoms with Crippen LogP contribution in [0.2, 0.25) is 0 Å². The zero-order valence-electron chi connectivity index (χ0n) is 15.0. The zero-order chi connectivity index (χ0) is 17.8. The first kappa shape index (κ1) is 17.0. The van der Waals surface area contributed by atoms with E-state index in [1.54, 1.807) is 28.4 Å². The number of nitrogens with one attached hydrogen (secondary N) is 1. The number of hydrogen-bond donors (Lipinski definition) is 1. The third-order valence-corrected chi connectivity index (χ3v) is 4.41. The smallest absolute Gasteiger partial charge is 0.161 e. The lowest BCUT2D eigenvalue weighted by molar-refractivity contribution is 0.353. The minimum Gasteiger partial charge on any atom is -0.493 e. The molecule has 0 saturated carbocycles. The summed E-state index contributed by atoms with van der Waals surface area (Å²) in [5.74, 6) is 2.93. The second-order valence-corrected chi connectivity index (χ2v) is 5.78. The van der Waals surface area contributed by atoms with Crippen LogP contribution in [0.15, 0.2) is 36.5 Å². The van der Waals surface area contributed by atoms with E-state index in [0.29, 0.717) is 0 Å². The Morgan fingerprint density at radius 2 is 1.44 bits per heavy atom. The van der Waals surface area contributed by atoms with E-state index < -0.39 is 0 Å². The van der Waals surface area contributed by atoms with Crippen molar-refractivity contribution in [2.75, 3.05) is 28.4 Å². The number of benzene rings is 2. The fraction of sp³-hybridized carbons (Fsp3) is 0.300. The summed E-state index contributed by atoms with van der Waals surface area (Å²) in [6.07, 6.45) is 4.83. The molecule has 25 heavy (non-hydrogen) atoms. The largest absolute Gasteiger partial charge is 0.493 e. The molecule has 3 rings (SSSR count). The summed E-state index contributed by atoms with van der Waals surface area (Å²) >= 11 is 0. The van der Waals surface area contributed by atoms with Gasteiger partial charge in [-0.3, -0.25) is 0 Å². The standard InChI is InChI=1S/C20H23NO4/c1-22-17-6-5-13(10-18(17)23-2)9-16-15-12-20(25-4)19(24-3)11-14(15)7-8-21-16/h5-8,10-12,16,21H,9H2,1-4H3/t16-/m0/s1. The van der Waals surface area contributed by atoms with Gasteiger partial charge < -0.3 is 24.3 Å². The first-order valence-electron chi connectivity index (χ1n) is 8.09. The molecule has 0 aromatic heterocycles. The van der Waals surface area contributed by atoms with E-state index in [2.05, 4.69) is 11.4 Å². The summed E-state index contributed by atoms with van der Waals surface area (Å²) in [6.45, 7) is 0. The molecule has 0 bridgehead atoms. The Labute approximate surface area is 148 Å². The lowest BCUT2D eigenvalue weighted by Crippen LogP contribution is -2.22. The Kier molecular flexibility index (Phi) is 5.03. The van der Waals surface area contributed by atoms with Gasteiger partial charge in [-0.1, -0.05) is 6.07 Å². The SMILES string of the molecule is COc1ccc(C[C@@H]2NC=Cc3cc(OC)c(OC)cc32)cc1OC. The highest BCUT2D eigenvalue weighted by atomic mass is 16.5. The summed E-state index contributed by atoms with van der Waals surface area (Å²) in [5.41, 5.74) is 3.46. The Bertz CT molecular complexity index is 786. The van der Waals surface area contributed by atoms with Gasteiger partial charge in [0.25, 0.3) is 0 Å². The minimum absolute atomic E-state index is 0.137. The van der Waals surface area contributed by atoms with Crippen LogP contribution in [-0.2, 0) is 6.42 Å². The Morgan fingerprint density at radius 1 is 0.800 bits per heavy atom. The maximum atomic E-state index is 5.45. The van der Waals surface area contributed by atoms with Crippen molar-refractivity contribution in [3.63, 3.8) is 0 Å². The van der Waals surface area contributed by atoms with Crippen LogP contribution in [0.25, 0.3) is 6.08 Å². The van der Waals surface area contributed by atoms with Gasteiger partial charge in [0, 0.05) is 0 Å². The van der Waals surface area contributed by atoms with Crippen molar-refractivity contribution < 1.29 is 18.9 Å². The molecule has 1 heterocycles. The molecule has 132 valence electrons. The Hall–Kier alpha value is -2.82. The van der Waals surface area contributed by atoms with Crippen LogP contribution in [0.1, 0.15) is 22.7 Å². The van der Waals surface area contributed by atoms with Crippen molar-refractivity contribution in [3.05, 3.63) is 53.2 Å². The van der Waals surface area contributed by atoms with E-state index in [-0.39, 0.29) is 6.04 Å². The molecule has 5 nitrogen and oxygen atoms in total. The molecular weight excluding hydrogens is 318 g/mol. The lowest BCUT2D eigenvalue weighted by Gasteiger charge is -2.25. The maximum Gasteiger partial charge on any atom is 0.161 e. The van der Waals surface area contributed by atoms with Crippen LogP contribution in [0, 0.1) is 0 Å². The summed E-state index contributed by atoms with van der Waals surface area (Å²) in [4.78, 5) is 0. The molecule has 0 aliphatic carbocycles. The van der Waals surface area contributed by atoms with Gasteiger partial charge in [0.15, 0.2) is 23.0 Å². The second-order valence-electron chi connectivity index (χ2n) is 5.78. The van der Waals surface area contributed by atoms with E-state index in [1.807, 2.05) is 36.5 Å². The predicted octanol–water partition coefficient (Wildman–Crippen LogP) is 3.58. The molecule has 0 radical (unpaired) electrons. The number of hydrogen-bond acceptors (Lipinski definition) is 5. The van der Waals surface area contributed by atoms with Crippen molar-refractivity contribution in [2.45, 2.75) is 12.5 Å². The Morgan fingerprint density at radius 3 is 2.12 bits per heavy atom. The molecule has 1 N–H and O–H groups in total. The quantitative estimate of drug-likeness (QED) is 0.870. The molecule has 2 aromatic carbocycles. The summed E-state index contributed by atoms with van der Waals surface area (Å²) in [5, 5.41) is 3.43. The summed E-state index contributed by atoms with van der Waals surface area (Å²) in [7, 11) is 6.59. The molecule has 1 aliphatic rings. The molecule has 2 aromatic rings. The summed E-state index contributed by atoms with van der Waals surface area (Å²) < 4.78 is 21.6. The third kappa shape index (κ3) is 3.36. The van der Waals surface area contributed by atoms with Crippen molar-refractivity contribution >= 4 is 6.08 Å². The van der Waals surface area contributed by atoms with Crippen molar-refractivity contribution in [3.8, 4) is 23.0 Å². The third-order valence-electron chi connectivity index (χ3n) is 4.41. The van der Waals surface area contributed by atoms with Crippen LogP contribution < -0.4 is 24.3 Å². The van der Waals surface area contributed by atoms with Gasteiger partial charge in [0.05, 0.1) is 34.5 Å². The zero-order valence-corrected chi connectivity index (χ0v) is 15.0. The van der Waals surface area contributed by atoms with E-state index in [4.69, 9.17) is 18.9 Å². The minimum atomic E-state index is 0.137. The van der Waals surface area contributed by atoms with Gasteiger partial charge in [-0.2, -0.15) is 0 Å². The lowest BCUT2D eigenvalue weighted by atomic mass is 9.92. The first-order valence-corrected chi connectivity index (χ1v) is 8.09. The highest BCUT2D eigenvalue weighted by Crippen LogP contribution is 2.37. The van der Waals surface area contributed by atoms with Crippen LogP contribution >= 0.6 is 0 Å². The molecule has 0 saturated heterocycles. The molecule has 1 atom stereocenters. The topological polar surface area (TPSA) is 49.0 Å². The highest BCUT2D eigenvalue weighted by molar-refractivity contribution is 5.63. The fourth-order valence-electron chi connectivity index (χ4n) is 3.11. The van der Waals surface area contributed by atoms with Gasteiger partial charge in [-0.25, -0.2) is 0 Å². The van der Waals surface area contributed by atoms with Crippen LogP contribution in [-0.4, -0.2) is 28.4 Å². The molecular formula is C20H23NO4. The number of ether oxygens (including phenoxy) is 4. The van der Waals surface area contributed by atoms with Crippen molar-refractivity contribution in [2.24, 2.45) is 0 Å². The van der Waals surface area contributed by atoms with Gasteiger partial charge in [0.2, 0.25) is 0 Å². The number of rotatable bonds is 6. The van der Waals surface area contributed by atoms with E-state index in [1.165, 1.54) is 5.56 Å². The molecule has 0 spiro atoms. The average Bonchev–Trinajstić information content (AvgIpc) is 2.66. The number of fused-ring (bicyclic) bond motifs is 1. The average molecular weight is 341 g/mol. The van der Waals surface area contributed by atoms with E-state index in [0.717, 1.165) is 40.5 Å². The molecule has 0 fully saturated rings. The monoisotopic (exact) mass is 341 g/mol. The first-order chi connectivity index (χ1) is 12.2. The van der Waals surface area contributed by atoms with Gasteiger partial charge >= 0.3 is 0 Å². The number of methoxy groups -OCH3 is 4. The highest BCUT2D eigenvalue weighted by Gasteiger charge is 2.21. The second kappa shape index (κ2) is 7.38. The van der Waals surface area contributed by atoms with Crippen LogP contribution in [0.5, 0.6) is 23.0 Å². The maximum absolute atomic E-state index is 5.45. The molecule has 1 aliphatic heterocycles. The fourth-order valence-corrected chi connectivity index (χ4v) is 3.11. The van der Waals surface area contributed by atoms with Gasteiger partial charge in [-0.15, -0.1) is 0 Å². The van der Waals surface area contributed by atoms with Crippen molar-refractivity contribution in [1.82, 2.24) is 5.32 Å². The van der Waals surface area contributed by atoms with Gasteiger partial charge in [-0.05, 0) is 59.7 Å². The van der Waals surface area contributed by atoms with Crippen molar-refractivity contribution in [1.29, 1.82) is 0 Å². The molecule has 0 unspecified atom stereocenters. The summed E-state index contributed by atoms with van der Waals surface area (Å²) in [6, 6.07) is 10.2.